The monoisotopic (exact) mass is 205 g/mol. The number of ether oxygens (including phenoxy) is 1. The Hall–Kier alpha value is -1.59. The molecule has 76 valence electrons. The van der Waals surface area contributed by atoms with Crippen LogP contribution in [-0.4, -0.2) is 18.4 Å². The number of alkyl halides is 3. The molecule has 0 fully saturated rings. The summed E-state index contributed by atoms with van der Waals surface area (Å²) < 4.78 is 41.7. The van der Waals surface area contributed by atoms with Crippen molar-refractivity contribution in [3.63, 3.8) is 0 Å². The third kappa shape index (κ3) is 1.84. The first-order valence-corrected chi connectivity index (χ1v) is 3.55. The van der Waals surface area contributed by atoms with E-state index in [0.29, 0.717) is 0 Å². The Morgan fingerprint density at radius 2 is 2.07 bits per heavy atom. The summed E-state index contributed by atoms with van der Waals surface area (Å²) in [6.45, 7) is 0. The molecule has 0 aromatic carbocycles. The first-order chi connectivity index (χ1) is 6.50. The number of carbonyl (C=O) groups is 1. The molecular formula is C8H6F3NO2. The highest BCUT2D eigenvalue weighted by Crippen LogP contribution is 2.37. The molecule has 0 bridgehead atoms. The summed E-state index contributed by atoms with van der Waals surface area (Å²) in [5, 5.41) is 0. The molecule has 0 spiro atoms. The van der Waals surface area contributed by atoms with Gasteiger partial charge in [0, 0.05) is 11.8 Å². The van der Waals surface area contributed by atoms with Crippen molar-refractivity contribution in [1.29, 1.82) is 0 Å². The van der Waals surface area contributed by atoms with Crippen molar-refractivity contribution < 1.29 is 22.7 Å². The molecule has 0 unspecified atom stereocenters. The number of hydrogen-bond acceptors (Lipinski definition) is 3. The van der Waals surface area contributed by atoms with Crippen molar-refractivity contribution in [3.8, 4) is 5.75 Å². The van der Waals surface area contributed by atoms with E-state index in [0.717, 1.165) is 19.5 Å². The molecule has 0 N–H and O–H groups in total. The van der Waals surface area contributed by atoms with Crippen LogP contribution in [0.3, 0.4) is 0 Å². The van der Waals surface area contributed by atoms with Crippen LogP contribution in [0.5, 0.6) is 5.75 Å². The highest BCUT2D eigenvalue weighted by molar-refractivity contribution is 5.78. The maximum absolute atomic E-state index is 12.4. The second-order valence-corrected chi connectivity index (χ2v) is 2.42. The average molecular weight is 205 g/mol. The van der Waals surface area contributed by atoms with Crippen LogP contribution in [0.2, 0.25) is 0 Å². The summed E-state index contributed by atoms with van der Waals surface area (Å²) >= 11 is 0. The van der Waals surface area contributed by atoms with Crippen molar-refractivity contribution in [3.05, 3.63) is 23.5 Å². The Labute approximate surface area is 77.5 Å². The summed E-state index contributed by atoms with van der Waals surface area (Å²) in [6.07, 6.45) is -2.77. The van der Waals surface area contributed by atoms with Crippen LogP contribution in [0.1, 0.15) is 15.9 Å². The van der Waals surface area contributed by atoms with Crippen molar-refractivity contribution in [2.75, 3.05) is 7.11 Å². The number of aldehydes is 1. The lowest BCUT2D eigenvalue weighted by Gasteiger charge is -2.12. The molecule has 1 aromatic heterocycles. The fraction of sp³-hybridized carbons (Fsp3) is 0.250. The van der Waals surface area contributed by atoms with Crippen LogP contribution < -0.4 is 4.74 Å². The highest BCUT2D eigenvalue weighted by Gasteiger charge is 2.37. The third-order valence-electron chi connectivity index (χ3n) is 1.57. The molecule has 0 saturated carbocycles. The Bertz CT molecular complexity index is 349. The number of carbonyl (C=O) groups excluding carboxylic acids is 1. The van der Waals surface area contributed by atoms with Crippen LogP contribution in [0.25, 0.3) is 0 Å². The predicted molar refractivity (Wildman–Crippen MR) is 41.2 cm³/mol. The molecular weight excluding hydrogens is 199 g/mol. The van der Waals surface area contributed by atoms with Gasteiger partial charge in [-0.15, -0.1) is 0 Å². The van der Waals surface area contributed by atoms with Crippen molar-refractivity contribution >= 4 is 6.29 Å². The fourth-order valence-corrected chi connectivity index (χ4v) is 1.00. The molecule has 1 heterocycles. The Morgan fingerprint density at radius 3 is 2.50 bits per heavy atom. The van der Waals surface area contributed by atoms with Gasteiger partial charge in [0.05, 0.1) is 13.3 Å². The van der Waals surface area contributed by atoms with E-state index in [-0.39, 0.29) is 6.29 Å². The van der Waals surface area contributed by atoms with Gasteiger partial charge >= 0.3 is 6.18 Å². The van der Waals surface area contributed by atoms with Crippen LogP contribution in [0.4, 0.5) is 13.2 Å². The SMILES string of the molecule is COc1cncc(C=O)c1C(F)(F)F. The Morgan fingerprint density at radius 1 is 1.43 bits per heavy atom. The molecule has 14 heavy (non-hydrogen) atoms. The number of halogens is 3. The minimum absolute atomic E-state index is 0.0956. The van der Waals surface area contributed by atoms with Gasteiger partial charge in [0.2, 0.25) is 0 Å². The van der Waals surface area contributed by atoms with Gasteiger partial charge in [-0.2, -0.15) is 13.2 Å². The summed E-state index contributed by atoms with van der Waals surface area (Å²) in [4.78, 5) is 13.8. The van der Waals surface area contributed by atoms with Crippen molar-refractivity contribution in [2.24, 2.45) is 0 Å². The minimum atomic E-state index is -4.62. The Kier molecular flexibility index (Phi) is 2.73. The Balaban J connectivity index is 3.41. The lowest BCUT2D eigenvalue weighted by atomic mass is 10.1. The number of aromatic nitrogens is 1. The van der Waals surface area contributed by atoms with Crippen LogP contribution >= 0.6 is 0 Å². The smallest absolute Gasteiger partial charge is 0.420 e. The second kappa shape index (κ2) is 3.65. The molecule has 0 aliphatic carbocycles. The van der Waals surface area contributed by atoms with E-state index in [1.165, 1.54) is 0 Å². The normalized spacial score (nSPS) is 11.1. The molecule has 0 aliphatic rings. The van der Waals surface area contributed by atoms with Crippen LogP contribution in [-0.2, 0) is 6.18 Å². The molecule has 3 nitrogen and oxygen atoms in total. The van der Waals surface area contributed by atoms with Gasteiger partial charge in [0.15, 0.2) is 6.29 Å². The first-order valence-electron chi connectivity index (χ1n) is 3.55. The minimum Gasteiger partial charge on any atom is -0.494 e. The largest absolute Gasteiger partial charge is 0.494 e. The third-order valence-corrected chi connectivity index (χ3v) is 1.57. The average Bonchev–Trinajstić information content (AvgIpc) is 2.15. The van der Waals surface area contributed by atoms with Gasteiger partial charge < -0.3 is 4.74 Å². The van der Waals surface area contributed by atoms with Crippen LogP contribution in [0, 0.1) is 0 Å². The van der Waals surface area contributed by atoms with Gasteiger partial charge in [-0.25, -0.2) is 0 Å². The molecule has 1 rings (SSSR count). The van der Waals surface area contributed by atoms with E-state index >= 15 is 0 Å². The number of nitrogens with zero attached hydrogens (tertiary/aromatic N) is 1. The van der Waals surface area contributed by atoms with E-state index in [1.54, 1.807) is 0 Å². The van der Waals surface area contributed by atoms with E-state index in [9.17, 15) is 18.0 Å². The zero-order valence-corrected chi connectivity index (χ0v) is 7.13. The molecule has 1 aromatic rings. The van der Waals surface area contributed by atoms with E-state index in [2.05, 4.69) is 9.72 Å². The van der Waals surface area contributed by atoms with Gasteiger partial charge in [0.1, 0.15) is 11.3 Å². The topological polar surface area (TPSA) is 39.2 Å². The number of pyridine rings is 1. The standard InChI is InChI=1S/C8H6F3NO2/c1-14-6-3-12-2-5(4-13)7(6)8(9,10)11/h2-4H,1H3. The number of methoxy groups -OCH3 is 1. The molecule has 0 radical (unpaired) electrons. The summed E-state index contributed by atoms with van der Waals surface area (Å²) in [6, 6.07) is 0. The van der Waals surface area contributed by atoms with Crippen molar-refractivity contribution in [2.45, 2.75) is 6.18 Å². The van der Waals surface area contributed by atoms with Crippen LogP contribution in [0.15, 0.2) is 12.4 Å². The second-order valence-electron chi connectivity index (χ2n) is 2.42. The quantitative estimate of drug-likeness (QED) is 0.692. The molecule has 0 aliphatic heterocycles. The molecule has 0 amide bonds. The number of hydrogen-bond donors (Lipinski definition) is 0. The van der Waals surface area contributed by atoms with Gasteiger partial charge in [-0.1, -0.05) is 0 Å². The predicted octanol–water partition coefficient (Wildman–Crippen LogP) is 1.92. The lowest BCUT2D eigenvalue weighted by molar-refractivity contribution is -0.139. The summed E-state index contributed by atoms with van der Waals surface area (Å²) in [7, 11) is 1.08. The summed E-state index contributed by atoms with van der Waals surface area (Å²) in [5.74, 6) is -0.456. The zero-order valence-electron chi connectivity index (χ0n) is 7.13. The fourth-order valence-electron chi connectivity index (χ4n) is 1.00. The maximum atomic E-state index is 12.4. The van der Waals surface area contributed by atoms with E-state index < -0.39 is 23.1 Å². The van der Waals surface area contributed by atoms with Gasteiger partial charge in [-0.05, 0) is 0 Å². The number of rotatable bonds is 2. The van der Waals surface area contributed by atoms with Crippen molar-refractivity contribution in [1.82, 2.24) is 4.98 Å². The zero-order chi connectivity index (χ0) is 10.8. The molecule has 0 saturated heterocycles. The van der Waals surface area contributed by atoms with E-state index in [1.807, 2.05) is 0 Å². The molecule has 0 atom stereocenters. The lowest BCUT2D eigenvalue weighted by Crippen LogP contribution is -2.11. The van der Waals surface area contributed by atoms with E-state index in [4.69, 9.17) is 0 Å². The maximum Gasteiger partial charge on any atom is 0.420 e. The molecule has 6 heteroatoms. The highest BCUT2D eigenvalue weighted by atomic mass is 19.4. The van der Waals surface area contributed by atoms with Gasteiger partial charge in [-0.3, -0.25) is 9.78 Å². The van der Waals surface area contributed by atoms with Gasteiger partial charge in [0.25, 0.3) is 0 Å². The summed E-state index contributed by atoms with van der Waals surface area (Å²) in [5.41, 5.74) is -1.62. The first kappa shape index (κ1) is 10.5.